The Hall–Kier alpha value is -5.90. The molecule has 3 aromatic rings. The summed E-state index contributed by atoms with van der Waals surface area (Å²) in [4.78, 5) is 66.2. The first-order valence-corrected chi connectivity index (χ1v) is 18.8. The molecule has 2 saturated heterocycles. The van der Waals surface area contributed by atoms with Crippen LogP contribution in [-0.4, -0.2) is 88.2 Å². The molecule has 55 heavy (non-hydrogen) atoms. The number of aromatic amines is 1. The number of nitrogens with zero attached hydrogens (tertiary/aromatic N) is 4. The molecule has 2 aliphatic heterocycles. The number of alkyl carbamates (subject to hydrolysis) is 1. The van der Waals surface area contributed by atoms with Crippen LogP contribution >= 0.6 is 0 Å². The number of amidine groups is 1. The topological polar surface area (TPSA) is 175 Å². The Morgan fingerprint density at radius 3 is 2.38 bits per heavy atom. The number of hydrogen-bond acceptors (Lipinski definition) is 7. The molecule has 0 bridgehead atoms. The molecule has 13 nitrogen and oxygen atoms in total. The summed E-state index contributed by atoms with van der Waals surface area (Å²) in [6.45, 7) is 10.7. The lowest BCUT2D eigenvalue weighted by Gasteiger charge is -2.30. The Balaban J connectivity index is 1.37. The first-order chi connectivity index (χ1) is 26.4. The molecule has 3 heterocycles. The number of likely N-dealkylation sites (tertiary alicyclic amines) is 2. The van der Waals surface area contributed by atoms with E-state index in [2.05, 4.69) is 44.6 Å². The lowest BCUT2D eigenvalue weighted by Crippen LogP contribution is -2.54. The number of nitrogens with two attached hydrogens (primary N) is 1. The number of carbonyl (C=O) groups excluding carboxylic acids is 4. The summed E-state index contributed by atoms with van der Waals surface area (Å²) in [5.41, 5.74) is 11.9. The summed E-state index contributed by atoms with van der Waals surface area (Å²) in [5.74, 6) is 6.93. The van der Waals surface area contributed by atoms with E-state index in [0.717, 1.165) is 52.8 Å². The van der Waals surface area contributed by atoms with E-state index in [9.17, 15) is 19.2 Å². The molecule has 1 aromatic heterocycles. The first kappa shape index (κ1) is 40.3. The molecule has 0 spiro atoms. The minimum Gasteiger partial charge on any atom is -0.453 e. The van der Waals surface area contributed by atoms with Crippen LogP contribution in [0.2, 0.25) is 0 Å². The fourth-order valence-electron chi connectivity index (χ4n) is 7.30. The van der Waals surface area contributed by atoms with Crippen molar-refractivity contribution in [1.82, 2.24) is 30.4 Å². The predicted octanol–water partition coefficient (Wildman–Crippen LogP) is 5.08. The quantitative estimate of drug-likeness (QED) is 0.0865. The highest BCUT2D eigenvalue weighted by molar-refractivity contribution is 5.94. The lowest BCUT2D eigenvalue weighted by molar-refractivity contribution is -0.137. The molecule has 5 N–H and O–H groups in total. The van der Waals surface area contributed by atoms with E-state index in [1.165, 1.54) is 7.11 Å². The van der Waals surface area contributed by atoms with Crippen molar-refractivity contribution in [1.29, 1.82) is 0 Å². The van der Waals surface area contributed by atoms with Gasteiger partial charge in [-0.25, -0.2) is 14.8 Å². The number of aromatic nitrogens is 2. The van der Waals surface area contributed by atoms with Gasteiger partial charge in [0.25, 0.3) is 0 Å². The molecular weight excluding hydrogens is 697 g/mol. The highest BCUT2D eigenvalue weighted by Gasteiger charge is 2.38. The van der Waals surface area contributed by atoms with E-state index in [1.807, 2.05) is 69.9 Å². The largest absolute Gasteiger partial charge is 0.453 e. The second-order valence-corrected chi connectivity index (χ2v) is 14.6. The number of aliphatic imine (C=N–C) groups is 1. The zero-order valence-electron chi connectivity index (χ0n) is 32.5. The SMILES string of the molecule is COC(=O)N[C@H](C(=O)N1CCC[C@H]1C(N)=N/C=C/C#Cc1c(C)cc(-c2cnc([C@@H]3CCCN3C(=O)C(NC=O)C(C)C)[nH]2)cc1-c1ccccc1)C(C)C. The van der Waals surface area contributed by atoms with Gasteiger partial charge in [0.05, 0.1) is 31.1 Å². The third-order valence-electron chi connectivity index (χ3n) is 10.2. The Morgan fingerprint density at radius 1 is 1.00 bits per heavy atom. The maximum Gasteiger partial charge on any atom is 0.407 e. The Labute approximate surface area is 323 Å². The van der Waals surface area contributed by atoms with Gasteiger partial charge in [-0.2, -0.15) is 0 Å². The fourth-order valence-corrected chi connectivity index (χ4v) is 7.30. The van der Waals surface area contributed by atoms with Gasteiger partial charge in [-0.1, -0.05) is 69.9 Å². The predicted molar refractivity (Wildman–Crippen MR) is 212 cm³/mol. The first-order valence-electron chi connectivity index (χ1n) is 18.8. The van der Waals surface area contributed by atoms with Crippen LogP contribution in [0.3, 0.4) is 0 Å². The molecule has 2 aliphatic rings. The summed E-state index contributed by atoms with van der Waals surface area (Å²) in [7, 11) is 1.27. The second-order valence-electron chi connectivity index (χ2n) is 14.6. The molecule has 0 radical (unpaired) electrons. The van der Waals surface area contributed by atoms with Crippen molar-refractivity contribution < 1.29 is 23.9 Å². The van der Waals surface area contributed by atoms with Gasteiger partial charge in [-0.3, -0.25) is 14.4 Å². The lowest BCUT2D eigenvalue weighted by atomic mass is 9.93. The molecular formula is C42H52N8O5. The van der Waals surface area contributed by atoms with Gasteiger partial charge in [-0.15, -0.1) is 0 Å². The zero-order chi connectivity index (χ0) is 39.6. The summed E-state index contributed by atoms with van der Waals surface area (Å²) < 4.78 is 4.72. The van der Waals surface area contributed by atoms with E-state index >= 15 is 0 Å². The van der Waals surface area contributed by atoms with Gasteiger partial charge in [-0.05, 0) is 73.3 Å². The minimum absolute atomic E-state index is 0.0459. The minimum atomic E-state index is -0.741. The van der Waals surface area contributed by atoms with Gasteiger partial charge < -0.3 is 35.9 Å². The maximum atomic E-state index is 13.5. The molecule has 5 rings (SSSR count). The van der Waals surface area contributed by atoms with Gasteiger partial charge >= 0.3 is 6.09 Å². The highest BCUT2D eigenvalue weighted by Crippen LogP contribution is 2.35. The summed E-state index contributed by atoms with van der Waals surface area (Å²) in [6.07, 6.45) is 7.98. The van der Waals surface area contributed by atoms with Crippen molar-refractivity contribution in [3.63, 3.8) is 0 Å². The van der Waals surface area contributed by atoms with Crippen molar-refractivity contribution in [2.45, 2.75) is 84.5 Å². The highest BCUT2D eigenvalue weighted by atomic mass is 16.5. The molecule has 2 fully saturated rings. The average molecular weight is 749 g/mol. The zero-order valence-corrected chi connectivity index (χ0v) is 32.5. The molecule has 0 saturated carbocycles. The van der Waals surface area contributed by atoms with Crippen molar-refractivity contribution in [3.8, 4) is 34.2 Å². The van der Waals surface area contributed by atoms with E-state index in [0.29, 0.717) is 37.6 Å². The van der Waals surface area contributed by atoms with Crippen LogP contribution in [-0.2, 0) is 19.1 Å². The summed E-state index contributed by atoms with van der Waals surface area (Å²) in [5, 5.41) is 5.34. The monoisotopic (exact) mass is 748 g/mol. The van der Waals surface area contributed by atoms with Gasteiger partial charge in [0.1, 0.15) is 23.7 Å². The maximum absolute atomic E-state index is 13.5. The number of amides is 4. The molecule has 2 aromatic carbocycles. The van der Waals surface area contributed by atoms with Gasteiger partial charge in [0.15, 0.2) is 0 Å². The van der Waals surface area contributed by atoms with Gasteiger partial charge in [0, 0.05) is 36.5 Å². The molecule has 290 valence electrons. The van der Waals surface area contributed by atoms with Crippen LogP contribution in [0.5, 0.6) is 0 Å². The fraction of sp³-hybridized carbons (Fsp3) is 0.429. The van der Waals surface area contributed by atoms with Crippen LogP contribution in [0.25, 0.3) is 22.4 Å². The number of ether oxygens (including phenoxy) is 1. The van der Waals surface area contributed by atoms with Crippen LogP contribution in [0, 0.1) is 30.6 Å². The van der Waals surface area contributed by atoms with Crippen LogP contribution < -0.4 is 16.4 Å². The Kier molecular flexibility index (Phi) is 13.5. The Morgan fingerprint density at radius 2 is 1.69 bits per heavy atom. The van der Waals surface area contributed by atoms with E-state index in [1.54, 1.807) is 23.4 Å². The Bertz CT molecular complexity index is 1980. The van der Waals surface area contributed by atoms with Crippen molar-refractivity contribution in [2.24, 2.45) is 22.6 Å². The van der Waals surface area contributed by atoms with E-state index < -0.39 is 18.2 Å². The second kappa shape index (κ2) is 18.4. The number of H-pyrrole nitrogens is 1. The number of aryl methyl sites for hydroxylation is 1. The smallest absolute Gasteiger partial charge is 0.407 e. The molecule has 0 aliphatic carbocycles. The standard InChI is InChI=1S/C42H52N8O5/c1-26(2)36(46-25-51)40(52)50-21-13-18-35(50)39-45-24-33(47-39)30-22-28(5)31(32(23-30)29-14-8-7-9-15-29)16-10-11-19-44-38(43)34-17-12-20-49(34)41(53)37(27(3)4)48-42(54)55-6/h7-9,11,14-15,19,22-27,34-37H,12-13,17-18,20-21H2,1-6H3,(H2,43,44)(H,45,47)(H,46,51)(H,48,54)/b19-11+/t34-,35-,36?,37-/m0/s1. The number of benzene rings is 2. The normalized spacial score (nSPS) is 18.3. The number of rotatable bonds is 12. The summed E-state index contributed by atoms with van der Waals surface area (Å²) in [6, 6.07) is 12.3. The number of nitrogens with one attached hydrogen (secondary N) is 3. The molecule has 13 heteroatoms. The van der Waals surface area contributed by atoms with Crippen molar-refractivity contribution in [2.75, 3.05) is 20.2 Å². The average Bonchev–Trinajstić information content (AvgIpc) is 3.97. The van der Waals surface area contributed by atoms with Crippen molar-refractivity contribution >= 4 is 30.2 Å². The molecule has 4 amide bonds. The third-order valence-corrected chi connectivity index (χ3v) is 10.2. The number of methoxy groups -OCH3 is 1. The summed E-state index contributed by atoms with van der Waals surface area (Å²) >= 11 is 0. The number of imidazole rings is 1. The van der Waals surface area contributed by atoms with Crippen molar-refractivity contribution in [3.05, 3.63) is 77.9 Å². The molecule has 4 atom stereocenters. The number of allylic oxidation sites excluding steroid dienone is 1. The van der Waals surface area contributed by atoms with E-state index in [-0.39, 0.29) is 35.7 Å². The number of carbonyl (C=O) groups is 4. The van der Waals surface area contributed by atoms with Gasteiger partial charge in [0.2, 0.25) is 18.2 Å². The molecule has 1 unspecified atom stereocenters. The number of hydrogen-bond donors (Lipinski definition) is 4. The third kappa shape index (κ3) is 9.43. The van der Waals surface area contributed by atoms with Crippen LogP contribution in [0.1, 0.15) is 76.4 Å². The van der Waals surface area contributed by atoms with Crippen LogP contribution in [0.15, 0.2) is 65.9 Å². The van der Waals surface area contributed by atoms with E-state index in [4.69, 9.17) is 15.5 Å². The van der Waals surface area contributed by atoms with Crippen LogP contribution in [0.4, 0.5) is 4.79 Å².